The lowest BCUT2D eigenvalue weighted by atomic mass is 11.0. The molecule has 0 aliphatic carbocycles. The Balaban J connectivity index is 3.04. The van der Waals surface area contributed by atoms with E-state index in [4.69, 9.17) is 0 Å². The molecule has 1 heterocycles. The molecule has 38 valence electrons. The van der Waals surface area contributed by atoms with Gasteiger partial charge in [-0.2, -0.15) is 0 Å². The molecular weight excluding hydrogens is 130 g/mol. The first kappa shape index (κ1) is 4.99. The van der Waals surface area contributed by atoms with Crippen molar-refractivity contribution in [1.82, 2.24) is 14.4 Å². The molecule has 0 unspecified atom stereocenters. The topological polar surface area (TPSA) is 30.7 Å². The molecule has 0 fully saturated rings. The summed E-state index contributed by atoms with van der Waals surface area (Å²) in [6.45, 7) is 0. The first-order chi connectivity index (χ1) is 3.29. The lowest BCUT2D eigenvalue weighted by Crippen LogP contribution is -1.81. The van der Waals surface area contributed by atoms with Crippen LogP contribution in [0.25, 0.3) is 0 Å². The van der Waals surface area contributed by atoms with Crippen LogP contribution >= 0.6 is 25.4 Å². The number of hydrogen-bond donors (Lipinski definition) is 2. The smallest absolute Gasteiger partial charge is 0.136 e. The number of thiol groups is 2. The molecule has 7 heavy (non-hydrogen) atoms. The highest BCUT2D eigenvalue weighted by molar-refractivity contribution is 7.80. The van der Waals surface area contributed by atoms with Gasteiger partial charge in [-0.3, -0.25) is 0 Å². The minimum Gasteiger partial charge on any atom is -0.150 e. The maximum atomic E-state index is 3.86. The van der Waals surface area contributed by atoms with Crippen LogP contribution < -0.4 is 0 Å². The van der Waals surface area contributed by atoms with Crippen LogP contribution in [0.4, 0.5) is 0 Å². The maximum Gasteiger partial charge on any atom is 0.136 e. The molecule has 1 aromatic rings. The predicted molar refractivity (Wildman–Crippen MR) is 31.7 cm³/mol. The average molecular weight is 133 g/mol. The summed E-state index contributed by atoms with van der Waals surface area (Å²) in [5.41, 5.74) is 0. The van der Waals surface area contributed by atoms with E-state index in [1.165, 1.54) is 6.20 Å². The fourth-order valence-electron chi connectivity index (χ4n) is 0.247. The normalized spacial score (nSPS) is 9.43. The van der Waals surface area contributed by atoms with Crippen molar-refractivity contribution in [2.24, 2.45) is 0 Å². The molecule has 5 heteroatoms. The van der Waals surface area contributed by atoms with Crippen LogP contribution in [0, 0.1) is 0 Å². The molecule has 1 aromatic heterocycles. The lowest BCUT2D eigenvalue weighted by molar-refractivity contribution is 0.849. The van der Waals surface area contributed by atoms with Crippen LogP contribution in [0.2, 0.25) is 0 Å². The van der Waals surface area contributed by atoms with Crippen molar-refractivity contribution in [1.29, 1.82) is 0 Å². The summed E-state index contributed by atoms with van der Waals surface area (Å²) in [7, 11) is 0. The van der Waals surface area contributed by atoms with Crippen LogP contribution in [0.3, 0.4) is 0 Å². The molecule has 1 rings (SSSR count). The van der Waals surface area contributed by atoms with Crippen molar-refractivity contribution >= 4 is 25.4 Å². The molecule has 0 N–H and O–H groups in total. The molecule has 3 nitrogen and oxygen atoms in total. The zero-order valence-electron chi connectivity index (χ0n) is 3.31. The van der Waals surface area contributed by atoms with Gasteiger partial charge in [0.1, 0.15) is 5.03 Å². The zero-order chi connectivity index (χ0) is 5.28. The van der Waals surface area contributed by atoms with Crippen LogP contribution in [-0.4, -0.2) is 14.4 Å². The van der Waals surface area contributed by atoms with Crippen LogP contribution in [0.1, 0.15) is 0 Å². The minimum absolute atomic E-state index is 0.579. The van der Waals surface area contributed by atoms with Crippen molar-refractivity contribution in [3.63, 3.8) is 0 Å². The van der Waals surface area contributed by atoms with E-state index in [0.717, 1.165) is 4.20 Å². The summed E-state index contributed by atoms with van der Waals surface area (Å²) in [5.74, 6) is 0. The molecule has 0 aliphatic rings. The second kappa shape index (κ2) is 1.75. The van der Waals surface area contributed by atoms with Gasteiger partial charge < -0.3 is 0 Å². The van der Waals surface area contributed by atoms with Gasteiger partial charge in [0.15, 0.2) is 0 Å². The largest absolute Gasteiger partial charge is 0.150 e. The van der Waals surface area contributed by atoms with Gasteiger partial charge in [0.05, 0.1) is 6.20 Å². The molecule has 0 bridgehead atoms. The van der Waals surface area contributed by atoms with E-state index in [0.29, 0.717) is 5.03 Å². The Kier molecular flexibility index (Phi) is 1.25. The van der Waals surface area contributed by atoms with E-state index in [1.807, 2.05) is 0 Å². The van der Waals surface area contributed by atoms with E-state index in [9.17, 15) is 0 Å². The summed E-state index contributed by atoms with van der Waals surface area (Å²) < 4.78 is 1.16. The Bertz CT molecular complexity index is 143. The van der Waals surface area contributed by atoms with E-state index in [2.05, 4.69) is 35.6 Å². The summed E-state index contributed by atoms with van der Waals surface area (Å²) >= 11 is 7.61. The highest BCUT2D eigenvalue weighted by atomic mass is 32.1. The molecule has 0 saturated carbocycles. The van der Waals surface area contributed by atoms with Crippen molar-refractivity contribution in [2.45, 2.75) is 5.03 Å². The third-order valence-electron chi connectivity index (χ3n) is 0.468. The van der Waals surface area contributed by atoms with E-state index >= 15 is 0 Å². The van der Waals surface area contributed by atoms with Crippen LogP contribution in [0.15, 0.2) is 11.2 Å². The van der Waals surface area contributed by atoms with Crippen molar-refractivity contribution < 1.29 is 0 Å². The van der Waals surface area contributed by atoms with Gasteiger partial charge >= 0.3 is 0 Å². The number of rotatable bonds is 0. The van der Waals surface area contributed by atoms with Gasteiger partial charge in [-0.1, -0.05) is 0 Å². The Hall–Kier alpha value is -0.160. The lowest BCUT2D eigenvalue weighted by Gasteiger charge is -1.74. The summed E-state index contributed by atoms with van der Waals surface area (Å²) in [5, 5.41) is 7.83. The Labute approximate surface area is 51.7 Å². The summed E-state index contributed by atoms with van der Waals surface area (Å²) in [4.78, 5) is 0. The zero-order valence-corrected chi connectivity index (χ0v) is 5.10. The number of hydrogen-bond acceptors (Lipinski definition) is 4. The Morgan fingerprint density at radius 2 is 2.43 bits per heavy atom. The van der Waals surface area contributed by atoms with Gasteiger partial charge in [-0.25, -0.2) is 0 Å². The van der Waals surface area contributed by atoms with Gasteiger partial charge in [0.25, 0.3) is 0 Å². The second-order valence-electron chi connectivity index (χ2n) is 0.971. The highest BCUT2D eigenvalue weighted by Crippen LogP contribution is 1.95. The first-order valence-electron chi connectivity index (χ1n) is 1.59. The molecule has 0 amide bonds. The monoisotopic (exact) mass is 133 g/mol. The van der Waals surface area contributed by atoms with E-state index in [1.54, 1.807) is 0 Å². The number of nitrogens with zero attached hydrogens (tertiary/aromatic N) is 3. The van der Waals surface area contributed by atoms with Gasteiger partial charge in [0.2, 0.25) is 0 Å². The van der Waals surface area contributed by atoms with E-state index < -0.39 is 0 Å². The van der Waals surface area contributed by atoms with Crippen molar-refractivity contribution in [3.05, 3.63) is 6.20 Å². The Morgan fingerprint density at radius 1 is 1.71 bits per heavy atom. The fraction of sp³-hybridized carbons (Fsp3) is 0. The van der Waals surface area contributed by atoms with Crippen LogP contribution in [0.5, 0.6) is 0 Å². The summed E-state index contributed by atoms with van der Waals surface area (Å²) in [6, 6.07) is 0. The molecule has 0 aliphatic heterocycles. The SMILES string of the molecule is Sc1cnn(S)n1. The van der Waals surface area contributed by atoms with E-state index in [-0.39, 0.29) is 0 Å². The summed E-state index contributed by atoms with van der Waals surface area (Å²) in [6.07, 6.45) is 1.51. The van der Waals surface area contributed by atoms with Crippen LogP contribution in [-0.2, 0) is 0 Å². The molecule has 0 atom stereocenters. The first-order valence-corrected chi connectivity index (χ1v) is 2.44. The number of aromatic nitrogens is 3. The second-order valence-corrected chi connectivity index (χ2v) is 1.79. The molecular formula is C2H3N3S2. The van der Waals surface area contributed by atoms with Gasteiger partial charge in [-0.15, -0.1) is 27.0 Å². The van der Waals surface area contributed by atoms with Gasteiger partial charge in [-0.05, 0) is 12.8 Å². The Morgan fingerprint density at radius 3 is 2.57 bits per heavy atom. The molecule has 0 spiro atoms. The third-order valence-corrected chi connectivity index (χ3v) is 0.866. The standard InChI is InChI=1S/C2H3N3S2/c6-2-1-3-5(7)4-2/h1,7H,(H,4,6). The molecule has 0 aromatic carbocycles. The highest BCUT2D eigenvalue weighted by Gasteiger charge is 1.85. The minimum atomic E-state index is 0.579. The average Bonchev–Trinajstić information content (AvgIpc) is 1.87. The third kappa shape index (κ3) is 1.10. The predicted octanol–water partition coefficient (Wildman–Crippen LogP) is 0.260. The fourth-order valence-corrected chi connectivity index (χ4v) is 0.601. The quantitative estimate of drug-likeness (QED) is 0.497. The van der Waals surface area contributed by atoms with Gasteiger partial charge in [0, 0.05) is 0 Å². The molecule has 0 saturated heterocycles. The van der Waals surface area contributed by atoms with Crippen molar-refractivity contribution in [2.75, 3.05) is 0 Å². The molecule has 0 radical (unpaired) electrons. The van der Waals surface area contributed by atoms with Crippen molar-refractivity contribution in [3.8, 4) is 0 Å². The maximum absolute atomic E-state index is 3.86.